The first-order valence-corrected chi connectivity index (χ1v) is 9.59. The molecule has 4 nitrogen and oxygen atoms in total. The number of hydrogen-bond donors (Lipinski definition) is 0. The van der Waals surface area contributed by atoms with Gasteiger partial charge in [-0.15, -0.1) is 0 Å². The van der Waals surface area contributed by atoms with Crippen molar-refractivity contribution in [3.63, 3.8) is 0 Å². The van der Waals surface area contributed by atoms with Crippen LogP contribution in [0.2, 0.25) is 0 Å². The Bertz CT molecular complexity index is 1030. The van der Waals surface area contributed by atoms with Crippen molar-refractivity contribution in [2.75, 3.05) is 13.1 Å². The first kappa shape index (κ1) is 19.8. The second kappa shape index (κ2) is 7.40. The van der Waals surface area contributed by atoms with E-state index in [2.05, 4.69) is 14.9 Å². The van der Waals surface area contributed by atoms with Crippen molar-refractivity contribution < 1.29 is 17.6 Å². The molecular formula is C21H22F4N4. The lowest BCUT2D eigenvalue weighted by Gasteiger charge is -2.37. The molecule has 2 atom stereocenters. The molecule has 0 aliphatic carbocycles. The maximum atomic E-state index is 14.4. The van der Waals surface area contributed by atoms with E-state index < -0.39 is 17.6 Å². The number of fused-ring (bicyclic) bond motifs is 1. The fraction of sp³-hybridized carbons (Fsp3) is 0.429. The molecule has 3 aromatic rings. The highest BCUT2D eigenvalue weighted by molar-refractivity contribution is 5.71. The molecule has 29 heavy (non-hydrogen) atoms. The van der Waals surface area contributed by atoms with Crippen LogP contribution in [0.5, 0.6) is 0 Å². The maximum Gasteiger partial charge on any atom is 0.416 e. The van der Waals surface area contributed by atoms with Gasteiger partial charge in [-0.2, -0.15) is 13.2 Å². The molecule has 0 spiro atoms. The van der Waals surface area contributed by atoms with Crippen molar-refractivity contribution in [2.24, 2.45) is 13.0 Å². The summed E-state index contributed by atoms with van der Waals surface area (Å²) in [7, 11) is 1.96. The number of benzene rings is 1. The summed E-state index contributed by atoms with van der Waals surface area (Å²) in [5.74, 6) is 0.148. The third-order valence-corrected chi connectivity index (χ3v) is 5.83. The van der Waals surface area contributed by atoms with E-state index in [1.807, 2.05) is 30.7 Å². The highest BCUT2D eigenvalue weighted by Crippen LogP contribution is 2.37. The van der Waals surface area contributed by atoms with Crippen LogP contribution < -0.4 is 0 Å². The van der Waals surface area contributed by atoms with Gasteiger partial charge in [0, 0.05) is 19.8 Å². The van der Waals surface area contributed by atoms with E-state index in [1.54, 1.807) is 6.20 Å². The molecule has 0 bridgehead atoms. The standard InChI is InChI=1S/C21H22F4N4/c1-13-11-29(12-19-27-20-18(28(19)2)4-3-8-26-20)9-7-15(13)16-6-5-14(10-17(16)22)21(23,24)25/h3-6,8,10,13,15H,7,9,11-12H2,1-2H3. The third kappa shape index (κ3) is 3.85. The van der Waals surface area contributed by atoms with Gasteiger partial charge in [0.05, 0.1) is 17.6 Å². The zero-order valence-corrected chi connectivity index (χ0v) is 16.2. The molecule has 0 amide bonds. The number of hydrogen-bond acceptors (Lipinski definition) is 3. The number of pyridine rings is 1. The lowest BCUT2D eigenvalue weighted by molar-refractivity contribution is -0.137. The molecule has 2 aromatic heterocycles. The molecule has 1 aliphatic rings. The Morgan fingerprint density at radius 1 is 1.21 bits per heavy atom. The van der Waals surface area contributed by atoms with Crippen LogP contribution in [0.1, 0.15) is 36.2 Å². The molecule has 4 rings (SSSR count). The molecule has 1 saturated heterocycles. The number of aryl methyl sites for hydroxylation is 1. The Balaban J connectivity index is 1.48. The summed E-state index contributed by atoms with van der Waals surface area (Å²) in [6, 6.07) is 6.73. The van der Waals surface area contributed by atoms with Crippen LogP contribution in [0.3, 0.4) is 0 Å². The average Bonchev–Trinajstić information content (AvgIpc) is 2.97. The second-order valence-electron chi connectivity index (χ2n) is 7.77. The van der Waals surface area contributed by atoms with Crippen LogP contribution in [0, 0.1) is 11.7 Å². The number of likely N-dealkylation sites (tertiary alicyclic amines) is 1. The predicted octanol–water partition coefficient (Wildman–Crippen LogP) is 4.75. The maximum absolute atomic E-state index is 14.4. The number of piperidine rings is 1. The van der Waals surface area contributed by atoms with Gasteiger partial charge in [0.25, 0.3) is 0 Å². The fourth-order valence-corrected chi connectivity index (χ4v) is 4.26. The number of alkyl halides is 3. The minimum absolute atomic E-state index is 0.101. The average molecular weight is 406 g/mol. The molecule has 154 valence electrons. The van der Waals surface area contributed by atoms with Crippen LogP contribution in [0.25, 0.3) is 11.2 Å². The molecule has 2 unspecified atom stereocenters. The van der Waals surface area contributed by atoms with Crippen LogP contribution in [0.4, 0.5) is 17.6 Å². The van der Waals surface area contributed by atoms with Crippen molar-refractivity contribution >= 4 is 11.2 Å². The van der Waals surface area contributed by atoms with E-state index in [9.17, 15) is 17.6 Å². The second-order valence-corrected chi connectivity index (χ2v) is 7.77. The normalized spacial score (nSPS) is 21.0. The van der Waals surface area contributed by atoms with Gasteiger partial charge in [0.15, 0.2) is 5.65 Å². The number of aromatic nitrogens is 3. The topological polar surface area (TPSA) is 34.0 Å². The van der Waals surface area contributed by atoms with Crippen molar-refractivity contribution in [3.8, 4) is 0 Å². The number of halogens is 4. The number of rotatable bonds is 3. The van der Waals surface area contributed by atoms with Crippen molar-refractivity contribution in [1.82, 2.24) is 19.4 Å². The summed E-state index contributed by atoms with van der Waals surface area (Å²) < 4.78 is 54.8. The van der Waals surface area contributed by atoms with E-state index in [1.165, 1.54) is 6.07 Å². The van der Waals surface area contributed by atoms with Crippen molar-refractivity contribution in [3.05, 3.63) is 59.3 Å². The molecule has 1 aromatic carbocycles. The lowest BCUT2D eigenvalue weighted by Crippen LogP contribution is -2.38. The zero-order valence-electron chi connectivity index (χ0n) is 16.2. The predicted molar refractivity (Wildman–Crippen MR) is 102 cm³/mol. The first-order chi connectivity index (χ1) is 13.7. The molecule has 8 heteroatoms. The van der Waals surface area contributed by atoms with Crippen LogP contribution in [-0.2, 0) is 19.8 Å². The number of imidazole rings is 1. The van der Waals surface area contributed by atoms with Crippen LogP contribution in [-0.4, -0.2) is 32.5 Å². The number of nitrogens with zero attached hydrogens (tertiary/aromatic N) is 4. The Labute approximate surface area is 166 Å². The minimum atomic E-state index is -4.53. The summed E-state index contributed by atoms with van der Waals surface area (Å²) in [6.07, 6.45) is -2.13. The van der Waals surface area contributed by atoms with E-state index >= 15 is 0 Å². The van der Waals surface area contributed by atoms with Crippen LogP contribution in [0.15, 0.2) is 36.5 Å². The van der Waals surface area contributed by atoms with Gasteiger partial charge in [-0.1, -0.05) is 13.0 Å². The van der Waals surface area contributed by atoms with Crippen molar-refractivity contribution in [1.29, 1.82) is 0 Å². The summed E-state index contributed by atoms with van der Waals surface area (Å²) >= 11 is 0. The van der Waals surface area contributed by atoms with E-state index in [0.717, 1.165) is 30.5 Å². The van der Waals surface area contributed by atoms with Gasteiger partial charge in [-0.05, 0) is 54.6 Å². The van der Waals surface area contributed by atoms with Gasteiger partial charge in [0.2, 0.25) is 0 Å². The minimum Gasteiger partial charge on any atom is -0.329 e. The van der Waals surface area contributed by atoms with Crippen LogP contribution >= 0.6 is 0 Å². The monoisotopic (exact) mass is 406 g/mol. The molecule has 0 radical (unpaired) electrons. The SMILES string of the molecule is CC1CN(Cc2nc3ncccc3n2C)CCC1c1ccc(C(F)(F)F)cc1F. The first-order valence-electron chi connectivity index (χ1n) is 9.59. The summed E-state index contributed by atoms with van der Waals surface area (Å²) in [4.78, 5) is 11.1. The lowest BCUT2D eigenvalue weighted by atomic mass is 9.81. The summed E-state index contributed by atoms with van der Waals surface area (Å²) in [5, 5.41) is 0. The summed E-state index contributed by atoms with van der Waals surface area (Å²) in [5.41, 5.74) is 1.10. The van der Waals surface area contributed by atoms with E-state index in [0.29, 0.717) is 30.2 Å². The Morgan fingerprint density at radius 2 is 2.00 bits per heavy atom. The molecule has 0 saturated carbocycles. The van der Waals surface area contributed by atoms with E-state index in [-0.39, 0.29) is 11.8 Å². The zero-order chi connectivity index (χ0) is 20.8. The van der Waals surface area contributed by atoms with Crippen molar-refractivity contribution in [2.45, 2.75) is 32.0 Å². The Kier molecular flexibility index (Phi) is 5.06. The molecule has 1 fully saturated rings. The molecule has 1 aliphatic heterocycles. The van der Waals surface area contributed by atoms with E-state index in [4.69, 9.17) is 0 Å². The van der Waals surface area contributed by atoms with Gasteiger partial charge in [-0.3, -0.25) is 4.90 Å². The third-order valence-electron chi connectivity index (χ3n) is 5.83. The highest BCUT2D eigenvalue weighted by atomic mass is 19.4. The fourth-order valence-electron chi connectivity index (χ4n) is 4.26. The smallest absolute Gasteiger partial charge is 0.329 e. The largest absolute Gasteiger partial charge is 0.416 e. The molecular weight excluding hydrogens is 384 g/mol. The summed E-state index contributed by atoms with van der Waals surface area (Å²) in [6.45, 7) is 4.12. The Hall–Kier alpha value is -2.48. The molecule has 3 heterocycles. The highest BCUT2D eigenvalue weighted by Gasteiger charge is 2.34. The van der Waals surface area contributed by atoms with Gasteiger partial charge in [0.1, 0.15) is 11.6 Å². The quantitative estimate of drug-likeness (QED) is 0.589. The Morgan fingerprint density at radius 3 is 2.66 bits per heavy atom. The van der Waals surface area contributed by atoms with Gasteiger partial charge in [-0.25, -0.2) is 14.4 Å². The molecule has 0 N–H and O–H groups in total. The van der Waals surface area contributed by atoms with Gasteiger partial charge >= 0.3 is 6.18 Å². The van der Waals surface area contributed by atoms with Gasteiger partial charge < -0.3 is 4.57 Å².